The van der Waals surface area contributed by atoms with Crippen LogP contribution in [-0.2, 0) is 0 Å². The molecule has 0 radical (unpaired) electrons. The minimum Gasteiger partial charge on any atom is -0.412 e. The maximum Gasteiger partial charge on any atom is 0.316 e. The lowest BCUT2D eigenvalue weighted by molar-refractivity contribution is 0.823. The third-order valence-electron chi connectivity index (χ3n) is 0. The van der Waals surface area contributed by atoms with Gasteiger partial charge in [-0.2, -0.15) is 0 Å². The lowest BCUT2D eigenvalue weighted by Crippen LogP contribution is -0.381. The molecule has 52 valence electrons. The summed E-state index contributed by atoms with van der Waals surface area (Å²) in [4.78, 5) is 0. The van der Waals surface area contributed by atoms with Crippen LogP contribution in [0.3, 0.4) is 0 Å². The predicted molar refractivity (Wildman–Crippen MR) is 33.9 cm³/mol. The highest BCUT2D eigenvalue weighted by atomic mass is 35.5. The summed E-state index contributed by atoms with van der Waals surface area (Å²) in [7, 11) is 0. The van der Waals surface area contributed by atoms with E-state index >= 15 is 0 Å². The Labute approximate surface area is 63.2 Å². The SMILES string of the molecule is Cl.O.O.O.O.O.[MgH2]. The Balaban J connectivity index is 0. The van der Waals surface area contributed by atoms with Gasteiger partial charge in [0.15, 0.2) is 0 Å². The zero-order valence-corrected chi connectivity index (χ0v) is 3.72. The van der Waals surface area contributed by atoms with Gasteiger partial charge in [0.05, 0.1) is 0 Å². The van der Waals surface area contributed by atoms with E-state index < -0.39 is 0 Å². The number of hydrogen-bond donors (Lipinski definition) is 0. The van der Waals surface area contributed by atoms with Gasteiger partial charge in [0.1, 0.15) is 0 Å². The first-order chi connectivity index (χ1) is 0. The fraction of sp³-hybridized carbons (Fsp3) is 0. The van der Waals surface area contributed by atoms with E-state index in [2.05, 4.69) is 0 Å². The summed E-state index contributed by atoms with van der Waals surface area (Å²) in [5, 5.41) is 0. The fourth-order valence-electron chi connectivity index (χ4n) is 0. The topological polar surface area (TPSA) is 158 Å². The molecule has 5 nitrogen and oxygen atoms in total. The van der Waals surface area contributed by atoms with E-state index in [1.165, 1.54) is 0 Å². The maximum atomic E-state index is 0. The van der Waals surface area contributed by atoms with E-state index in [0.717, 1.165) is 0 Å². The molecule has 0 heterocycles. The van der Waals surface area contributed by atoms with Crippen LogP contribution in [0.2, 0.25) is 0 Å². The zero-order valence-electron chi connectivity index (χ0n) is 2.91. The van der Waals surface area contributed by atoms with Gasteiger partial charge in [-0.05, 0) is 0 Å². The van der Waals surface area contributed by atoms with E-state index in [4.69, 9.17) is 0 Å². The molecule has 0 aliphatic carbocycles. The second-order valence-electron chi connectivity index (χ2n) is 0. The molecular weight excluding hydrogens is 140 g/mol. The molecule has 0 amide bonds. The highest BCUT2D eigenvalue weighted by Gasteiger charge is 0.316. The van der Waals surface area contributed by atoms with Crippen molar-refractivity contribution in [2.75, 3.05) is 0 Å². The molecule has 0 aliphatic heterocycles. The second-order valence-corrected chi connectivity index (χ2v) is 0. The molecule has 0 atom stereocenters. The van der Waals surface area contributed by atoms with Crippen LogP contribution in [0.1, 0.15) is 0 Å². The van der Waals surface area contributed by atoms with Gasteiger partial charge in [0.2, 0.25) is 0 Å². The van der Waals surface area contributed by atoms with Crippen molar-refractivity contribution >= 4 is 35.5 Å². The molecule has 0 unspecified atom stereocenters. The largest absolute Gasteiger partial charge is 0.412 e. The van der Waals surface area contributed by atoms with Gasteiger partial charge in [0.25, 0.3) is 0 Å². The Morgan fingerprint density at radius 2 is 0.429 bits per heavy atom. The zero-order chi connectivity index (χ0) is 0. The Morgan fingerprint density at radius 1 is 0.429 bits per heavy atom. The van der Waals surface area contributed by atoms with Crippen molar-refractivity contribution in [3.05, 3.63) is 0 Å². The summed E-state index contributed by atoms with van der Waals surface area (Å²) in [5.41, 5.74) is 0. The van der Waals surface area contributed by atoms with Gasteiger partial charge >= 0.3 is 23.1 Å². The van der Waals surface area contributed by atoms with E-state index in [1.54, 1.807) is 0 Å². The van der Waals surface area contributed by atoms with E-state index in [-0.39, 0.29) is 62.8 Å². The Morgan fingerprint density at radius 3 is 0.429 bits per heavy atom. The minimum atomic E-state index is 0. The molecule has 0 saturated carbocycles. The van der Waals surface area contributed by atoms with Crippen LogP contribution < -0.4 is 0 Å². The lowest BCUT2D eigenvalue weighted by atomic mass is 16.0. The summed E-state index contributed by atoms with van der Waals surface area (Å²) in [6, 6.07) is 0. The molecule has 0 rings (SSSR count). The van der Waals surface area contributed by atoms with Gasteiger partial charge in [-0.3, -0.25) is 0 Å². The third-order valence-corrected chi connectivity index (χ3v) is 0. The van der Waals surface area contributed by atoms with Gasteiger partial charge in [-0.25, -0.2) is 0 Å². The minimum absolute atomic E-state index is 0. The lowest BCUT2D eigenvalue weighted by Gasteiger charge is -0.413. The van der Waals surface area contributed by atoms with Gasteiger partial charge in [-0.1, -0.05) is 0 Å². The highest BCUT2D eigenvalue weighted by molar-refractivity contribution is 5.85. The van der Waals surface area contributed by atoms with E-state index in [9.17, 15) is 0 Å². The van der Waals surface area contributed by atoms with Crippen molar-refractivity contribution in [3.63, 3.8) is 0 Å². The van der Waals surface area contributed by atoms with Gasteiger partial charge in [-0.15, -0.1) is 12.4 Å². The molecule has 0 aliphatic rings. The van der Waals surface area contributed by atoms with E-state index in [1.807, 2.05) is 0 Å². The van der Waals surface area contributed by atoms with Gasteiger partial charge < -0.3 is 27.4 Å². The summed E-state index contributed by atoms with van der Waals surface area (Å²) in [6.07, 6.45) is 0. The van der Waals surface area contributed by atoms with Crippen molar-refractivity contribution in [1.82, 2.24) is 0 Å². The first-order valence-corrected chi connectivity index (χ1v) is 0. The maximum absolute atomic E-state index is 0. The molecule has 7 heteroatoms. The normalized spacial score (nSPS) is 0. The average Bonchev–Trinajstić information content (AvgIpc) is 0. The monoisotopic (exact) mass is 152 g/mol. The van der Waals surface area contributed by atoms with Gasteiger partial charge in [0, 0.05) is 0 Å². The molecule has 0 bridgehead atoms. The summed E-state index contributed by atoms with van der Waals surface area (Å²) < 4.78 is 0. The fourth-order valence-corrected chi connectivity index (χ4v) is 0. The van der Waals surface area contributed by atoms with Crippen LogP contribution in [-0.4, -0.2) is 50.4 Å². The Kier molecular flexibility index (Phi) is 23100. The molecule has 0 aromatic heterocycles. The molecule has 0 aromatic rings. The standard InChI is InChI=1S/ClH.Mg.5H2O.2H/h1H;;5*1H2;;. The van der Waals surface area contributed by atoms with Crippen molar-refractivity contribution < 1.29 is 27.4 Å². The number of halogens is 1. The van der Waals surface area contributed by atoms with Crippen molar-refractivity contribution in [1.29, 1.82) is 0 Å². The summed E-state index contributed by atoms with van der Waals surface area (Å²) in [6.45, 7) is 0. The first-order valence-electron chi connectivity index (χ1n) is 0. The smallest absolute Gasteiger partial charge is 0.316 e. The quantitative estimate of drug-likeness (QED) is 0.306. The molecule has 7 heavy (non-hydrogen) atoms. The van der Waals surface area contributed by atoms with Crippen LogP contribution in [0, 0.1) is 0 Å². The number of hydrogen-bond acceptors (Lipinski definition) is 0. The first kappa shape index (κ1) is 504. The molecule has 0 spiro atoms. The van der Waals surface area contributed by atoms with Crippen LogP contribution in [0.4, 0.5) is 0 Å². The molecule has 0 fully saturated rings. The Bertz CT molecular complexity index is 8.04. The second kappa shape index (κ2) is 321. The molecule has 10 N–H and O–H groups in total. The highest BCUT2D eigenvalue weighted by Crippen LogP contribution is 0.690. The van der Waals surface area contributed by atoms with Crippen molar-refractivity contribution in [2.45, 2.75) is 0 Å². The van der Waals surface area contributed by atoms with E-state index in [0.29, 0.717) is 0 Å². The molecular formula is H13ClMgO5. The summed E-state index contributed by atoms with van der Waals surface area (Å²) >= 11 is 0. The van der Waals surface area contributed by atoms with Crippen LogP contribution in [0.5, 0.6) is 0 Å². The number of rotatable bonds is 0. The van der Waals surface area contributed by atoms with Crippen LogP contribution >= 0.6 is 12.4 Å². The molecule has 0 saturated heterocycles. The summed E-state index contributed by atoms with van der Waals surface area (Å²) in [5.74, 6) is 0. The Hall–Kier alpha value is 0.856. The third kappa shape index (κ3) is 221. The average molecular weight is 153 g/mol. The van der Waals surface area contributed by atoms with Crippen molar-refractivity contribution in [2.24, 2.45) is 0 Å². The molecule has 0 aromatic carbocycles. The van der Waals surface area contributed by atoms with Crippen LogP contribution in [0.25, 0.3) is 0 Å². The van der Waals surface area contributed by atoms with Crippen LogP contribution in [0.15, 0.2) is 0 Å². The predicted octanol–water partition coefficient (Wildman–Crippen LogP) is -4.62. The van der Waals surface area contributed by atoms with Crippen molar-refractivity contribution in [3.8, 4) is 0 Å².